The van der Waals surface area contributed by atoms with Crippen LogP contribution in [0, 0.1) is 11.8 Å². The van der Waals surface area contributed by atoms with Crippen LogP contribution in [-0.4, -0.2) is 17.6 Å². The molecule has 2 rings (SSSR count). The van der Waals surface area contributed by atoms with Crippen LogP contribution in [0.25, 0.3) is 0 Å². The van der Waals surface area contributed by atoms with Crippen molar-refractivity contribution in [2.45, 2.75) is 32.6 Å². The minimum Gasteiger partial charge on any atom is -0.508 e. The zero-order chi connectivity index (χ0) is 13.8. The van der Waals surface area contributed by atoms with Crippen molar-refractivity contribution in [2.24, 2.45) is 11.8 Å². The summed E-state index contributed by atoms with van der Waals surface area (Å²) in [5.41, 5.74) is 0.338. The molecule has 2 N–H and O–H groups in total. The maximum atomic E-state index is 12.0. The largest absolute Gasteiger partial charge is 0.508 e. The molecule has 0 spiro atoms. The molecule has 1 fully saturated rings. The second-order valence-electron chi connectivity index (χ2n) is 5.51. The van der Waals surface area contributed by atoms with Gasteiger partial charge in [-0.3, -0.25) is 4.79 Å². The molecule has 4 heteroatoms. The Morgan fingerprint density at radius 2 is 2.26 bits per heavy atom. The Balaban J connectivity index is 1.92. The Labute approximate surface area is 119 Å². The van der Waals surface area contributed by atoms with Crippen molar-refractivity contribution in [3.8, 4) is 5.75 Å². The van der Waals surface area contributed by atoms with Crippen molar-refractivity contribution in [2.75, 3.05) is 6.54 Å². The van der Waals surface area contributed by atoms with Gasteiger partial charge in [0.05, 0.1) is 10.6 Å². The lowest BCUT2D eigenvalue weighted by atomic mass is 9.82. The van der Waals surface area contributed by atoms with E-state index in [0.717, 1.165) is 5.92 Å². The number of benzene rings is 1. The van der Waals surface area contributed by atoms with Crippen LogP contribution in [0.4, 0.5) is 0 Å². The third-order valence-corrected chi connectivity index (χ3v) is 4.12. The van der Waals surface area contributed by atoms with Gasteiger partial charge in [0.25, 0.3) is 5.91 Å². The molecule has 0 bridgehead atoms. The maximum absolute atomic E-state index is 12.0. The van der Waals surface area contributed by atoms with Crippen molar-refractivity contribution in [3.05, 3.63) is 28.8 Å². The molecule has 3 nitrogen and oxygen atoms in total. The zero-order valence-electron chi connectivity index (χ0n) is 11.2. The highest BCUT2D eigenvalue weighted by molar-refractivity contribution is 6.33. The highest BCUT2D eigenvalue weighted by Gasteiger charge is 2.20. The predicted molar refractivity (Wildman–Crippen MR) is 76.6 cm³/mol. The van der Waals surface area contributed by atoms with E-state index in [0.29, 0.717) is 23.0 Å². The number of nitrogens with one attached hydrogen (secondary N) is 1. The summed E-state index contributed by atoms with van der Waals surface area (Å²) in [5, 5.41) is 12.7. The van der Waals surface area contributed by atoms with E-state index in [2.05, 4.69) is 12.2 Å². The van der Waals surface area contributed by atoms with Crippen LogP contribution in [0.15, 0.2) is 18.2 Å². The maximum Gasteiger partial charge on any atom is 0.252 e. The van der Waals surface area contributed by atoms with Crippen molar-refractivity contribution in [1.82, 2.24) is 5.32 Å². The molecule has 1 saturated carbocycles. The summed E-state index contributed by atoms with van der Waals surface area (Å²) in [7, 11) is 0. The van der Waals surface area contributed by atoms with Crippen molar-refractivity contribution >= 4 is 17.5 Å². The highest BCUT2D eigenvalue weighted by Crippen LogP contribution is 2.28. The van der Waals surface area contributed by atoms with Gasteiger partial charge in [0.1, 0.15) is 5.75 Å². The minimum atomic E-state index is -0.209. The molecule has 104 valence electrons. The van der Waals surface area contributed by atoms with E-state index < -0.39 is 0 Å². The number of amides is 1. The second-order valence-corrected chi connectivity index (χ2v) is 5.92. The molecule has 1 aliphatic rings. The fourth-order valence-electron chi connectivity index (χ4n) is 2.76. The third-order valence-electron chi connectivity index (χ3n) is 3.79. The highest BCUT2D eigenvalue weighted by atomic mass is 35.5. The summed E-state index contributed by atoms with van der Waals surface area (Å²) >= 11 is 5.96. The Hall–Kier alpha value is -1.22. The number of hydrogen-bond donors (Lipinski definition) is 2. The average Bonchev–Trinajstić information content (AvgIpc) is 2.39. The predicted octanol–water partition coefficient (Wildman–Crippen LogP) is 3.60. The molecule has 2 unspecified atom stereocenters. The molecular formula is C15H20ClNO2. The monoisotopic (exact) mass is 281 g/mol. The van der Waals surface area contributed by atoms with Gasteiger partial charge >= 0.3 is 0 Å². The first kappa shape index (κ1) is 14.2. The fraction of sp³-hybridized carbons (Fsp3) is 0.533. The average molecular weight is 282 g/mol. The first-order chi connectivity index (χ1) is 9.06. The van der Waals surface area contributed by atoms with Crippen LogP contribution in [0.1, 0.15) is 43.0 Å². The van der Waals surface area contributed by atoms with Gasteiger partial charge < -0.3 is 10.4 Å². The van der Waals surface area contributed by atoms with Gasteiger partial charge in [0, 0.05) is 6.54 Å². The summed E-state index contributed by atoms with van der Waals surface area (Å²) in [6.45, 7) is 2.95. The molecule has 19 heavy (non-hydrogen) atoms. The van der Waals surface area contributed by atoms with E-state index in [4.69, 9.17) is 11.6 Å². The SMILES string of the molecule is CC1CCCC(CNC(=O)c2cc(O)ccc2Cl)C1. The van der Waals surface area contributed by atoms with Gasteiger partial charge in [-0.25, -0.2) is 0 Å². The lowest BCUT2D eigenvalue weighted by Crippen LogP contribution is -2.31. The summed E-state index contributed by atoms with van der Waals surface area (Å²) < 4.78 is 0. The van der Waals surface area contributed by atoms with E-state index in [1.54, 1.807) is 0 Å². The van der Waals surface area contributed by atoms with Crippen molar-refractivity contribution in [3.63, 3.8) is 0 Å². The quantitative estimate of drug-likeness (QED) is 0.889. The van der Waals surface area contributed by atoms with Gasteiger partial charge in [-0.05, 0) is 42.9 Å². The van der Waals surface area contributed by atoms with Crippen LogP contribution in [-0.2, 0) is 0 Å². The van der Waals surface area contributed by atoms with E-state index in [1.165, 1.54) is 43.9 Å². The standard InChI is InChI=1S/C15H20ClNO2/c1-10-3-2-4-11(7-10)9-17-15(19)13-8-12(18)5-6-14(13)16/h5-6,8,10-11,18H,2-4,7,9H2,1H3,(H,17,19). The number of phenols is 1. The molecule has 0 aliphatic heterocycles. The van der Waals surface area contributed by atoms with Crippen LogP contribution < -0.4 is 5.32 Å². The normalized spacial score (nSPS) is 23.1. The Kier molecular flexibility index (Phi) is 4.70. The molecule has 0 radical (unpaired) electrons. The van der Waals surface area contributed by atoms with Crippen LogP contribution >= 0.6 is 11.6 Å². The van der Waals surface area contributed by atoms with Crippen LogP contribution in [0.3, 0.4) is 0 Å². The van der Waals surface area contributed by atoms with Crippen LogP contribution in [0.2, 0.25) is 5.02 Å². The van der Waals surface area contributed by atoms with Gasteiger partial charge in [0.15, 0.2) is 0 Å². The van der Waals surface area contributed by atoms with Crippen molar-refractivity contribution < 1.29 is 9.90 Å². The Morgan fingerprint density at radius 1 is 1.47 bits per heavy atom. The molecule has 1 amide bonds. The Morgan fingerprint density at radius 3 is 3.00 bits per heavy atom. The van der Waals surface area contributed by atoms with E-state index in [-0.39, 0.29) is 11.7 Å². The van der Waals surface area contributed by atoms with Gasteiger partial charge in [-0.1, -0.05) is 31.4 Å². The third kappa shape index (κ3) is 3.87. The van der Waals surface area contributed by atoms with E-state index >= 15 is 0 Å². The van der Waals surface area contributed by atoms with Gasteiger partial charge in [-0.2, -0.15) is 0 Å². The van der Waals surface area contributed by atoms with Crippen LogP contribution in [0.5, 0.6) is 5.75 Å². The summed E-state index contributed by atoms with van der Waals surface area (Å²) in [6, 6.07) is 4.41. The minimum absolute atomic E-state index is 0.0563. The van der Waals surface area contributed by atoms with Crippen molar-refractivity contribution in [1.29, 1.82) is 0 Å². The number of hydrogen-bond acceptors (Lipinski definition) is 2. The molecule has 1 aromatic rings. The summed E-state index contributed by atoms with van der Waals surface area (Å²) in [6.07, 6.45) is 4.89. The zero-order valence-corrected chi connectivity index (χ0v) is 11.9. The van der Waals surface area contributed by atoms with E-state index in [1.807, 2.05) is 0 Å². The summed E-state index contributed by atoms with van der Waals surface area (Å²) in [5.74, 6) is 1.16. The number of carbonyl (C=O) groups excluding carboxylic acids is 1. The number of aromatic hydroxyl groups is 1. The molecule has 0 heterocycles. The second kappa shape index (κ2) is 6.29. The molecule has 2 atom stereocenters. The number of carbonyl (C=O) groups is 1. The number of rotatable bonds is 3. The lowest BCUT2D eigenvalue weighted by molar-refractivity contribution is 0.0940. The number of phenolic OH excluding ortho intramolecular Hbond substituents is 1. The fourth-order valence-corrected chi connectivity index (χ4v) is 2.97. The first-order valence-corrected chi connectivity index (χ1v) is 7.20. The molecule has 1 aromatic carbocycles. The Bertz CT molecular complexity index is 461. The van der Waals surface area contributed by atoms with E-state index in [9.17, 15) is 9.90 Å². The molecule has 0 aromatic heterocycles. The first-order valence-electron chi connectivity index (χ1n) is 6.83. The smallest absolute Gasteiger partial charge is 0.252 e. The molecule has 0 saturated heterocycles. The number of halogens is 1. The van der Waals surface area contributed by atoms with Gasteiger partial charge in [-0.15, -0.1) is 0 Å². The lowest BCUT2D eigenvalue weighted by Gasteiger charge is -2.26. The van der Waals surface area contributed by atoms with Gasteiger partial charge in [0.2, 0.25) is 0 Å². The molecule has 1 aliphatic carbocycles. The molecular weight excluding hydrogens is 262 g/mol. The summed E-state index contributed by atoms with van der Waals surface area (Å²) in [4.78, 5) is 12.0. The topological polar surface area (TPSA) is 49.3 Å².